The van der Waals surface area contributed by atoms with Crippen molar-refractivity contribution in [2.45, 2.75) is 12.6 Å². The van der Waals surface area contributed by atoms with Gasteiger partial charge in [0.05, 0.1) is 17.9 Å². The molecule has 1 N–H and O–H groups in total. The lowest BCUT2D eigenvalue weighted by atomic mass is 9.95. The van der Waals surface area contributed by atoms with Crippen molar-refractivity contribution in [1.29, 1.82) is 0 Å². The highest BCUT2D eigenvalue weighted by Crippen LogP contribution is 2.40. The summed E-state index contributed by atoms with van der Waals surface area (Å²) in [6.45, 7) is 0.197. The number of aliphatic hydroxyl groups excluding tert-OH is 1. The third-order valence-corrected chi connectivity index (χ3v) is 5.03. The van der Waals surface area contributed by atoms with Gasteiger partial charge in [-0.2, -0.15) is 0 Å². The summed E-state index contributed by atoms with van der Waals surface area (Å²) >= 11 is 3.43. The number of ketones is 1. The second-order valence-electron chi connectivity index (χ2n) is 6.32. The maximum absolute atomic E-state index is 13.0. The van der Waals surface area contributed by atoms with E-state index in [0.29, 0.717) is 5.56 Å². The maximum Gasteiger partial charge on any atom is 0.290 e. The molecule has 1 aliphatic heterocycles. The van der Waals surface area contributed by atoms with Crippen molar-refractivity contribution in [2.24, 2.45) is 0 Å². The minimum atomic E-state index is -0.747. The number of benzene rings is 1. The van der Waals surface area contributed by atoms with E-state index >= 15 is 0 Å². The summed E-state index contributed by atoms with van der Waals surface area (Å²) in [7, 11) is 0. The first-order chi connectivity index (χ1) is 13.6. The fourth-order valence-corrected chi connectivity index (χ4v) is 3.72. The van der Waals surface area contributed by atoms with Gasteiger partial charge in [0.15, 0.2) is 11.5 Å². The van der Waals surface area contributed by atoms with Crippen LogP contribution in [0.5, 0.6) is 0 Å². The standard InChI is InChI=1S/C21H15BrN2O4/c22-15-6-1-5-14(10-15)18-17(19(25)16-7-3-9-28-16)20(26)21(27)24(18)12-13-4-2-8-23-11-13/h1-11,18,26H,12H2/t18-/m1/s1. The smallest absolute Gasteiger partial charge is 0.290 e. The molecule has 1 atom stereocenters. The number of hydrogen-bond acceptors (Lipinski definition) is 5. The topological polar surface area (TPSA) is 83.6 Å². The molecule has 0 aliphatic carbocycles. The highest BCUT2D eigenvalue weighted by Gasteiger charge is 2.44. The minimum Gasteiger partial charge on any atom is -0.503 e. The van der Waals surface area contributed by atoms with Gasteiger partial charge in [-0.25, -0.2) is 0 Å². The Balaban J connectivity index is 1.81. The van der Waals surface area contributed by atoms with Gasteiger partial charge in [0.2, 0.25) is 5.78 Å². The predicted molar refractivity (Wildman–Crippen MR) is 104 cm³/mol. The van der Waals surface area contributed by atoms with E-state index in [1.54, 1.807) is 24.5 Å². The fourth-order valence-electron chi connectivity index (χ4n) is 3.30. The van der Waals surface area contributed by atoms with Crippen molar-refractivity contribution in [3.05, 3.63) is 99.9 Å². The van der Waals surface area contributed by atoms with Gasteiger partial charge in [-0.3, -0.25) is 14.6 Å². The second-order valence-corrected chi connectivity index (χ2v) is 7.24. The molecule has 0 fully saturated rings. The van der Waals surface area contributed by atoms with Crippen LogP contribution < -0.4 is 0 Å². The average Bonchev–Trinajstić information content (AvgIpc) is 3.32. The first-order valence-corrected chi connectivity index (χ1v) is 9.32. The molecule has 1 aliphatic rings. The van der Waals surface area contributed by atoms with Gasteiger partial charge in [0, 0.05) is 23.4 Å². The summed E-state index contributed by atoms with van der Waals surface area (Å²) < 4.78 is 6.01. The Bertz CT molecular complexity index is 1060. The number of nitrogens with zero attached hydrogens (tertiary/aromatic N) is 2. The van der Waals surface area contributed by atoms with Crippen LogP contribution in [0.1, 0.15) is 27.7 Å². The summed E-state index contributed by atoms with van der Waals surface area (Å²) in [5, 5.41) is 10.6. The Kier molecular flexibility index (Phi) is 4.83. The lowest BCUT2D eigenvalue weighted by molar-refractivity contribution is -0.130. The number of furan rings is 1. The first-order valence-electron chi connectivity index (χ1n) is 8.53. The van der Waals surface area contributed by atoms with Crippen LogP contribution in [0, 0.1) is 0 Å². The Morgan fingerprint density at radius 3 is 2.75 bits per heavy atom. The zero-order valence-electron chi connectivity index (χ0n) is 14.6. The normalized spacial score (nSPS) is 16.7. The number of halogens is 1. The van der Waals surface area contributed by atoms with Crippen molar-refractivity contribution >= 4 is 27.6 Å². The molecular formula is C21H15BrN2O4. The largest absolute Gasteiger partial charge is 0.503 e. The molecule has 6 nitrogen and oxygen atoms in total. The van der Waals surface area contributed by atoms with E-state index in [9.17, 15) is 14.7 Å². The Labute approximate surface area is 169 Å². The molecule has 0 saturated heterocycles. The number of hydrogen-bond donors (Lipinski definition) is 1. The number of rotatable bonds is 5. The predicted octanol–water partition coefficient (Wildman–Crippen LogP) is 4.22. The van der Waals surface area contributed by atoms with Crippen LogP contribution in [0.25, 0.3) is 0 Å². The summed E-state index contributed by atoms with van der Waals surface area (Å²) in [6.07, 6.45) is 4.67. The number of aliphatic hydroxyl groups is 1. The van der Waals surface area contributed by atoms with E-state index in [-0.39, 0.29) is 17.9 Å². The molecule has 0 radical (unpaired) electrons. The maximum atomic E-state index is 13.0. The fraction of sp³-hybridized carbons (Fsp3) is 0.0952. The number of aromatic nitrogens is 1. The van der Waals surface area contributed by atoms with E-state index in [1.165, 1.54) is 17.2 Å². The van der Waals surface area contributed by atoms with E-state index in [4.69, 9.17) is 4.42 Å². The van der Waals surface area contributed by atoms with Gasteiger partial charge in [-0.1, -0.05) is 34.1 Å². The number of pyridine rings is 1. The van der Waals surface area contributed by atoms with Crippen molar-refractivity contribution < 1.29 is 19.1 Å². The Morgan fingerprint density at radius 2 is 2.07 bits per heavy atom. The van der Waals surface area contributed by atoms with Gasteiger partial charge in [-0.15, -0.1) is 0 Å². The van der Waals surface area contributed by atoms with Crippen molar-refractivity contribution in [3.63, 3.8) is 0 Å². The van der Waals surface area contributed by atoms with Gasteiger partial charge >= 0.3 is 0 Å². The van der Waals surface area contributed by atoms with Crippen molar-refractivity contribution in [3.8, 4) is 0 Å². The molecule has 28 heavy (non-hydrogen) atoms. The van der Waals surface area contributed by atoms with Gasteiger partial charge < -0.3 is 14.4 Å². The molecule has 7 heteroatoms. The van der Waals surface area contributed by atoms with E-state index in [0.717, 1.165) is 10.0 Å². The zero-order valence-corrected chi connectivity index (χ0v) is 16.2. The van der Waals surface area contributed by atoms with Crippen molar-refractivity contribution in [2.75, 3.05) is 0 Å². The Morgan fingerprint density at radius 1 is 1.21 bits per heavy atom. The van der Waals surface area contributed by atoms with Gasteiger partial charge in [-0.05, 0) is 41.5 Å². The number of Topliss-reactive ketones (excluding diaryl/α,β-unsaturated/α-hetero) is 1. The van der Waals surface area contributed by atoms with Crippen LogP contribution in [0.15, 0.2) is 87.4 Å². The minimum absolute atomic E-state index is 0.00180. The quantitative estimate of drug-likeness (QED) is 0.602. The number of amides is 1. The third-order valence-electron chi connectivity index (χ3n) is 4.53. The number of carbonyl (C=O) groups is 2. The molecule has 4 rings (SSSR count). The van der Waals surface area contributed by atoms with E-state index < -0.39 is 23.5 Å². The monoisotopic (exact) mass is 438 g/mol. The lowest BCUT2D eigenvalue weighted by Gasteiger charge is -2.26. The van der Waals surface area contributed by atoms with Crippen LogP contribution in [-0.2, 0) is 11.3 Å². The van der Waals surface area contributed by atoms with Gasteiger partial charge in [0.1, 0.15) is 0 Å². The molecular weight excluding hydrogens is 424 g/mol. The molecule has 140 valence electrons. The zero-order chi connectivity index (χ0) is 19.7. The van der Waals surface area contributed by atoms with E-state index in [1.807, 2.05) is 30.3 Å². The van der Waals surface area contributed by atoms with Crippen LogP contribution >= 0.6 is 15.9 Å². The molecule has 3 heterocycles. The lowest BCUT2D eigenvalue weighted by Crippen LogP contribution is -2.30. The molecule has 0 unspecified atom stereocenters. The molecule has 2 aromatic heterocycles. The molecule has 1 amide bonds. The Hall–Kier alpha value is -3.19. The molecule has 0 saturated carbocycles. The summed E-state index contributed by atoms with van der Waals surface area (Å²) in [4.78, 5) is 31.4. The molecule has 3 aromatic rings. The van der Waals surface area contributed by atoms with Crippen LogP contribution in [0.3, 0.4) is 0 Å². The molecule has 1 aromatic carbocycles. The van der Waals surface area contributed by atoms with Gasteiger partial charge in [0.25, 0.3) is 5.91 Å². The third kappa shape index (κ3) is 3.25. The highest BCUT2D eigenvalue weighted by molar-refractivity contribution is 9.10. The van der Waals surface area contributed by atoms with Crippen molar-refractivity contribution in [1.82, 2.24) is 9.88 Å². The molecule has 0 bridgehead atoms. The molecule has 0 spiro atoms. The average molecular weight is 439 g/mol. The van der Waals surface area contributed by atoms with Crippen LogP contribution in [0.4, 0.5) is 0 Å². The van der Waals surface area contributed by atoms with E-state index in [2.05, 4.69) is 20.9 Å². The summed E-state index contributed by atoms with van der Waals surface area (Å²) in [5.74, 6) is -1.62. The van der Waals surface area contributed by atoms with Crippen LogP contribution in [-0.4, -0.2) is 26.7 Å². The summed E-state index contributed by atoms with van der Waals surface area (Å²) in [6, 6.07) is 13.3. The van der Waals surface area contributed by atoms with Crippen LogP contribution in [0.2, 0.25) is 0 Å². The highest BCUT2D eigenvalue weighted by atomic mass is 79.9. The number of carbonyl (C=O) groups excluding carboxylic acids is 2. The SMILES string of the molecule is O=C(C1=C(O)C(=O)N(Cc2cccnc2)[C@@H]1c1cccc(Br)c1)c1ccco1. The first kappa shape index (κ1) is 18.2. The second kappa shape index (κ2) is 7.44. The summed E-state index contributed by atoms with van der Waals surface area (Å²) in [5.41, 5.74) is 1.49.